The van der Waals surface area contributed by atoms with Crippen LogP contribution in [-0.4, -0.2) is 51.8 Å². The van der Waals surface area contributed by atoms with Gasteiger partial charge in [0.15, 0.2) is 5.13 Å². The quantitative estimate of drug-likeness (QED) is 0.735. The monoisotopic (exact) mass is 339 g/mol. The number of hydrogen-bond acceptors (Lipinski definition) is 5. The van der Waals surface area contributed by atoms with Crippen LogP contribution in [0.2, 0.25) is 0 Å². The summed E-state index contributed by atoms with van der Waals surface area (Å²) >= 11 is 1.64. The minimum atomic E-state index is 0.0841. The van der Waals surface area contributed by atoms with Crippen molar-refractivity contribution in [2.45, 2.75) is 0 Å². The second-order valence-corrected chi connectivity index (χ2v) is 6.46. The van der Waals surface area contributed by atoms with Crippen molar-refractivity contribution in [2.75, 3.05) is 31.1 Å². The zero-order valence-corrected chi connectivity index (χ0v) is 13.9. The van der Waals surface area contributed by atoms with Crippen molar-refractivity contribution in [1.29, 1.82) is 0 Å². The number of amides is 1. The van der Waals surface area contributed by atoms with E-state index in [0.717, 1.165) is 37.0 Å². The lowest BCUT2D eigenvalue weighted by Crippen LogP contribution is -2.48. The maximum atomic E-state index is 12.7. The first-order valence-electron chi connectivity index (χ1n) is 7.85. The molecule has 0 bridgehead atoms. The van der Waals surface area contributed by atoms with Crippen LogP contribution in [0.15, 0.2) is 54.3 Å². The molecule has 1 aliphatic rings. The van der Waals surface area contributed by atoms with Gasteiger partial charge >= 0.3 is 0 Å². The largest absolute Gasteiger partial charge is 0.345 e. The van der Waals surface area contributed by atoms with Gasteiger partial charge in [0.2, 0.25) is 0 Å². The lowest BCUT2D eigenvalue weighted by Gasteiger charge is -2.34. The number of nitrogens with zero attached hydrogens (tertiary/aromatic N) is 5. The number of benzene rings is 1. The van der Waals surface area contributed by atoms with E-state index in [0.29, 0.717) is 5.56 Å². The number of carbonyl (C=O) groups is 1. The third-order valence-corrected chi connectivity index (χ3v) is 4.97. The number of rotatable bonds is 3. The van der Waals surface area contributed by atoms with Crippen molar-refractivity contribution < 1.29 is 4.79 Å². The van der Waals surface area contributed by atoms with E-state index in [1.54, 1.807) is 22.2 Å². The fraction of sp³-hybridized carbons (Fsp3) is 0.235. The van der Waals surface area contributed by atoms with Crippen molar-refractivity contribution in [3.8, 4) is 5.69 Å². The molecule has 1 aromatic carbocycles. The summed E-state index contributed by atoms with van der Waals surface area (Å²) in [7, 11) is 0. The van der Waals surface area contributed by atoms with Gasteiger partial charge in [0.05, 0.1) is 5.69 Å². The maximum absolute atomic E-state index is 12.7. The third-order valence-electron chi connectivity index (χ3n) is 4.14. The minimum Gasteiger partial charge on any atom is -0.345 e. The lowest BCUT2D eigenvalue weighted by atomic mass is 10.1. The molecule has 122 valence electrons. The molecule has 1 amide bonds. The van der Waals surface area contributed by atoms with E-state index in [9.17, 15) is 4.79 Å². The molecule has 0 saturated carbocycles. The van der Waals surface area contributed by atoms with Gasteiger partial charge in [-0.25, -0.2) is 9.67 Å². The normalized spacial score (nSPS) is 14.8. The molecule has 24 heavy (non-hydrogen) atoms. The molecule has 7 heteroatoms. The first-order chi connectivity index (χ1) is 11.8. The molecule has 2 aromatic heterocycles. The highest BCUT2D eigenvalue weighted by atomic mass is 32.1. The lowest BCUT2D eigenvalue weighted by molar-refractivity contribution is 0.0747. The van der Waals surface area contributed by atoms with Crippen molar-refractivity contribution in [3.63, 3.8) is 0 Å². The van der Waals surface area contributed by atoms with Gasteiger partial charge in [0.25, 0.3) is 5.91 Å². The molecular weight excluding hydrogens is 322 g/mol. The van der Waals surface area contributed by atoms with E-state index >= 15 is 0 Å². The van der Waals surface area contributed by atoms with Crippen LogP contribution in [0.1, 0.15) is 10.4 Å². The summed E-state index contributed by atoms with van der Waals surface area (Å²) in [6.45, 7) is 3.09. The molecule has 0 N–H and O–H groups in total. The standard InChI is InChI=1S/C17H17N5OS/c23-16(14-2-4-15(5-3-14)22-8-1-6-19-22)20-9-11-21(12-10-20)17-18-7-13-24-17/h1-8,13H,9-12H2. The predicted octanol–water partition coefficient (Wildman–Crippen LogP) is 2.29. The summed E-state index contributed by atoms with van der Waals surface area (Å²) < 4.78 is 1.78. The predicted molar refractivity (Wildman–Crippen MR) is 93.8 cm³/mol. The van der Waals surface area contributed by atoms with Gasteiger partial charge in [0, 0.05) is 55.7 Å². The Kier molecular flexibility index (Phi) is 4.00. The summed E-state index contributed by atoms with van der Waals surface area (Å²) in [4.78, 5) is 21.1. The molecule has 0 atom stereocenters. The van der Waals surface area contributed by atoms with Gasteiger partial charge < -0.3 is 9.80 Å². The molecular formula is C17H17N5OS. The van der Waals surface area contributed by atoms with Crippen molar-refractivity contribution in [1.82, 2.24) is 19.7 Å². The van der Waals surface area contributed by atoms with Crippen molar-refractivity contribution in [3.05, 3.63) is 59.9 Å². The van der Waals surface area contributed by atoms with Crippen LogP contribution in [-0.2, 0) is 0 Å². The highest BCUT2D eigenvalue weighted by Gasteiger charge is 2.23. The summed E-state index contributed by atoms with van der Waals surface area (Å²) in [5.41, 5.74) is 1.67. The van der Waals surface area contributed by atoms with Gasteiger partial charge in [-0.15, -0.1) is 11.3 Å². The van der Waals surface area contributed by atoms with E-state index in [1.807, 2.05) is 53.0 Å². The second-order valence-electron chi connectivity index (χ2n) is 5.59. The van der Waals surface area contributed by atoms with Crippen molar-refractivity contribution in [2.24, 2.45) is 0 Å². The SMILES string of the molecule is O=C(c1ccc(-n2cccn2)cc1)N1CCN(c2nccs2)CC1. The number of thiazole rings is 1. The van der Waals surface area contributed by atoms with Crippen LogP contribution in [0.5, 0.6) is 0 Å². The second kappa shape index (κ2) is 6.45. The summed E-state index contributed by atoms with van der Waals surface area (Å²) in [5, 5.41) is 7.21. The Morgan fingerprint density at radius 2 is 1.83 bits per heavy atom. The molecule has 0 radical (unpaired) electrons. The number of piperazine rings is 1. The topological polar surface area (TPSA) is 54.3 Å². The molecule has 1 aliphatic heterocycles. The molecule has 1 saturated heterocycles. The van der Waals surface area contributed by atoms with Crippen molar-refractivity contribution >= 4 is 22.4 Å². The Bertz CT molecular complexity index is 790. The van der Waals surface area contributed by atoms with Crippen LogP contribution in [0.25, 0.3) is 5.69 Å². The Labute approximate surface area is 144 Å². The fourth-order valence-electron chi connectivity index (χ4n) is 2.83. The van der Waals surface area contributed by atoms with E-state index in [2.05, 4.69) is 15.0 Å². The number of carbonyl (C=O) groups excluding carboxylic acids is 1. The van der Waals surface area contributed by atoms with E-state index in [4.69, 9.17) is 0 Å². The Hall–Kier alpha value is -2.67. The smallest absolute Gasteiger partial charge is 0.253 e. The molecule has 6 nitrogen and oxygen atoms in total. The Balaban J connectivity index is 1.41. The third kappa shape index (κ3) is 2.90. The van der Waals surface area contributed by atoms with Gasteiger partial charge in [-0.1, -0.05) is 0 Å². The Morgan fingerprint density at radius 1 is 1.04 bits per heavy atom. The van der Waals surface area contributed by atoms with E-state index < -0.39 is 0 Å². The highest BCUT2D eigenvalue weighted by Crippen LogP contribution is 2.20. The fourth-order valence-corrected chi connectivity index (χ4v) is 3.53. The van der Waals surface area contributed by atoms with Crippen LogP contribution in [0.4, 0.5) is 5.13 Å². The summed E-state index contributed by atoms with van der Waals surface area (Å²) in [5.74, 6) is 0.0841. The van der Waals surface area contributed by atoms with E-state index in [1.165, 1.54) is 0 Å². The van der Waals surface area contributed by atoms with Crippen LogP contribution in [0.3, 0.4) is 0 Å². The van der Waals surface area contributed by atoms with Gasteiger partial charge in [-0.3, -0.25) is 4.79 Å². The average Bonchev–Trinajstić information content (AvgIpc) is 3.35. The molecule has 3 heterocycles. The Morgan fingerprint density at radius 3 is 2.46 bits per heavy atom. The van der Waals surface area contributed by atoms with E-state index in [-0.39, 0.29) is 5.91 Å². The average molecular weight is 339 g/mol. The summed E-state index contributed by atoms with van der Waals surface area (Å²) in [6, 6.07) is 9.46. The zero-order chi connectivity index (χ0) is 16.4. The molecule has 3 aromatic rings. The number of aromatic nitrogens is 3. The number of hydrogen-bond donors (Lipinski definition) is 0. The molecule has 4 rings (SSSR count). The van der Waals surface area contributed by atoms with Crippen LogP contribution in [0, 0.1) is 0 Å². The van der Waals surface area contributed by atoms with Crippen LogP contribution < -0.4 is 4.90 Å². The van der Waals surface area contributed by atoms with Gasteiger partial charge in [-0.05, 0) is 30.3 Å². The zero-order valence-electron chi connectivity index (χ0n) is 13.1. The minimum absolute atomic E-state index is 0.0841. The van der Waals surface area contributed by atoms with Gasteiger partial charge in [-0.2, -0.15) is 5.10 Å². The van der Waals surface area contributed by atoms with Gasteiger partial charge in [0.1, 0.15) is 0 Å². The molecule has 0 aliphatic carbocycles. The molecule has 1 fully saturated rings. The number of anilines is 1. The summed E-state index contributed by atoms with van der Waals surface area (Å²) in [6.07, 6.45) is 5.44. The first-order valence-corrected chi connectivity index (χ1v) is 8.73. The van der Waals surface area contributed by atoms with Crippen LogP contribution >= 0.6 is 11.3 Å². The first kappa shape index (κ1) is 14.9. The molecule has 0 spiro atoms. The molecule has 0 unspecified atom stereocenters. The highest BCUT2D eigenvalue weighted by molar-refractivity contribution is 7.13. The maximum Gasteiger partial charge on any atom is 0.253 e.